The van der Waals surface area contributed by atoms with Crippen molar-refractivity contribution < 1.29 is 4.42 Å². The first kappa shape index (κ1) is 15.6. The van der Waals surface area contributed by atoms with Crippen LogP contribution in [0.1, 0.15) is 29.6 Å². The lowest BCUT2D eigenvalue weighted by molar-refractivity contribution is 0.245. The zero-order valence-electron chi connectivity index (χ0n) is 13.8. The fourth-order valence-corrected chi connectivity index (χ4v) is 2.79. The fourth-order valence-electron chi connectivity index (χ4n) is 2.79. The molecule has 2 aromatic heterocycles. The molecule has 0 fully saturated rings. The van der Waals surface area contributed by atoms with Gasteiger partial charge in [0.05, 0.1) is 6.54 Å². The molecule has 2 heterocycles. The third-order valence-electron chi connectivity index (χ3n) is 4.10. The van der Waals surface area contributed by atoms with Crippen LogP contribution >= 0.6 is 0 Å². The number of benzene rings is 1. The van der Waals surface area contributed by atoms with Gasteiger partial charge in [-0.05, 0) is 55.6 Å². The molecular formula is C19H22N2O2. The van der Waals surface area contributed by atoms with Crippen molar-refractivity contribution in [3.05, 3.63) is 69.4 Å². The number of rotatable bonds is 5. The Hall–Kier alpha value is -2.33. The first-order chi connectivity index (χ1) is 11.0. The van der Waals surface area contributed by atoms with E-state index < -0.39 is 0 Å². The molecule has 0 amide bonds. The van der Waals surface area contributed by atoms with E-state index in [0.29, 0.717) is 13.1 Å². The number of furan rings is 1. The number of hydrogen-bond donors (Lipinski definition) is 1. The lowest BCUT2D eigenvalue weighted by Gasteiger charge is -2.19. The van der Waals surface area contributed by atoms with Gasteiger partial charge < -0.3 is 9.40 Å². The summed E-state index contributed by atoms with van der Waals surface area (Å²) in [5, 5.41) is 1.06. The molecule has 0 aliphatic carbocycles. The van der Waals surface area contributed by atoms with Crippen LogP contribution in [0.5, 0.6) is 0 Å². The number of nitrogens with zero attached hydrogens (tertiary/aromatic N) is 1. The first-order valence-electron chi connectivity index (χ1n) is 7.95. The molecule has 0 aliphatic heterocycles. The van der Waals surface area contributed by atoms with E-state index in [1.54, 1.807) is 0 Å². The predicted molar refractivity (Wildman–Crippen MR) is 92.5 cm³/mol. The van der Waals surface area contributed by atoms with Crippen molar-refractivity contribution in [3.8, 4) is 0 Å². The van der Waals surface area contributed by atoms with Gasteiger partial charge in [0.2, 0.25) is 0 Å². The minimum atomic E-state index is -0.0165. The van der Waals surface area contributed by atoms with Gasteiger partial charge in [0.25, 0.3) is 5.56 Å². The van der Waals surface area contributed by atoms with Gasteiger partial charge in [-0.2, -0.15) is 0 Å². The predicted octanol–water partition coefficient (Wildman–Crippen LogP) is 3.76. The SMILES string of the molecule is CCN(Cc1ccc(C)o1)Cc1cc2ccc(C)cc2[nH]c1=O. The third-order valence-corrected chi connectivity index (χ3v) is 4.10. The van der Waals surface area contributed by atoms with Gasteiger partial charge >= 0.3 is 0 Å². The molecule has 120 valence electrons. The van der Waals surface area contributed by atoms with Gasteiger partial charge in [-0.25, -0.2) is 0 Å². The molecule has 0 atom stereocenters. The van der Waals surface area contributed by atoms with Crippen molar-refractivity contribution in [2.45, 2.75) is 33.9 Å². The van der Waals surface area contributed by atoms with E-state index >= 15 is 0 Å². The third kappa shape index (κ3) is 3.54. The molecule has 0 spiro atoms. The summed E-state index contributed by atoms with van der Waals surface area (Å²) in [5.41, 5.74) is 2.80. The number of aryl methyl sites for hydroxylation is 2. The Kier molecular flexibility index (Phi) is 4.35. The lowest BCUT2D eigenvalue weighted by atomic mass is 10.1. The normalized spacial score (nSPS) is 11.5. The van der Waals surface area contributed by atoms with Gasteiger partial charge in [0.15, 0.2) is 0 Å². The molecule has 0 bridgehead atoms. The molecule has 4 nitrogen and oxygen atoms in total. The van der Waals surface area contributed by atoms with E-state index in [1.807, 2.05) is 38.1 Å². The zero-order valence-corrected chi connectivity index (χ0v) is 13.8. The van der Waals surface area contributed by atoms with Crippen molar-refractivity contribution in [3.63, 3.8) is 0 Å². The van der Waals surface area contributed by atoms with E-state index in [-0.39, 0.29) is 5.56 Å². The van der Waals surface area contributed by atoms with Crippen LogP contribution in [0.15, 0.2) is 45.6 Å². The Balaban J connectivity index is 1.85. The Morgan fingerprint density at radius 1 is 1.09 bits per heavy atom. The quantitative estimate of drug-likeness (QED) is 0.780. The summed E-state index contributed by atoms with van der Waals surface area (Å²) in [5.74, 6) is 1.84. The summed E-state index contributed by atoms with van der Waals surface area (Å²) in [6.45, 7) is 8.22. The standard InChI is InChI=1S/C19H22N2O2/c1-4-21(12-17-8-6-14(3)23-17)11-16-10-15-7-5-13(2)9-18(15)20-19(16)22/h5-10H,4,11-12H2,1-3H3,(H,20,22). The lowest BCUT2D eigenvalue weighted by Crippen LogP contribution is -2.26. The van der Waals surface area contributed by atoms with Crippen LogP contribution < -0.4 is 5.56 Å². The molecule has 1 N–H and O–H groups in total. The van der Waals surface area contributed by atoms with Crippen molar-refractivity contribution >= 4 is 10.9 Å². The average molecular weight is 310 g/mol. The average Bonchev–Trinajstić information content (AvgIpc) is 2.92. The number of fused-ring (bicyclic) bond motifs is 1. The molecule has 0 radical (unpaired) electrons. The second-order valence-electron chi connectivity index (χ2n) is 6.03. The van der Waals surface area contributed by atoms with Crippen LogP contribution in [0.25, 0.3) is 10.9 Å². The number of nitrogens with one attached hydrogen (secondary N) is 1. The Bertz CT molecular complexity index is 876. The molecule has 0 unspecified atom stereocenters. The molecule has 23 heavy (non-hydrogen) atoms. The Morgan fingerprint density at radius 2 is 1.91 bits per heavy atom. The summed E-state index contributed by atoms with van der Waals surface area (Å²) < 4.78 is 5.64. The van der Waals surface area contributed by atoms with Crippen molar-refractivity contribution in [2.24, 2.45) is 0 Å². The highest BCUT2D eigenvalue weighted by molar-refractivity contribution is 5.79. The highest BCUT2D eigenvalue weighted by Gasteiger charge is 2.11. The fraction of sp³-hybridized carbons (Fsp3) is 0.316. The maximum atomic E-state index is 12.3. The van der Waals surface area contributed by atoms with Crippen molar-refractivity contribution in [1.82, 2.24) is 9.88 Å². The summed E-state index contributed by atoms with van der Waals surface area (Å²) in [6, 6.07) is 12.1. The molecule has 3 aromatic rings. The number of pyridine rings is 1. The van der Waals surface area contributed by atoms with E-state index in [4.69, 9.17) is 4.42 Å². The van der Waals surface area contributed by atoms with Crippen LogP contribution in [0.3, 0.4) is 0 Å². The van der Waals surface area contributed by atoms with Crippen molar-refractivity contribution in [1.29, 1.82) is 0 Å². The van der Waals surface area contributed by atoms with E-state index in [2.05, 4.69) is 28.9 Å². The van der Waals surface area contributed by atoms with Crippen LogP contribution in [0, 0.1) is 13.8 Å². The van der Waals surface area contributed by atoms with Gasteiger partial charge in [-0.3, -0.25) is 9.69 Å². The molecule has 0 aliphatic rings. The van der Waals surface area contributed by atoms with E-state index in [1.165, 1.54) is 0 Å². The topological polar surface area (TPSA) is 49.2 Å². The van der Waals surface area contributed by atoms with Crippen LogP contribution in [0.4, 0.5) is 0 Å². The Morgan fingerprint density at radius 3 is 2.61 bits per heavy atom. The molecular weight excluding hydrogens is 288 g/mol. The van der Waals surface area contributed by atoms with E-state index in [9.17, 15) is 4.79 Å². The molecule has 0 saturated heterocycles. The summed E-state index contributed by atoms with van der Waals surface area (Å²) >= 11 is 0. The number of aromatic nitrogens is 1. The molecule has 4 heteroatoms. The van der Waals surface area contributed by atoms with Crippen molar-refractivity contribution in [2.75, 3.05) is 6.54 Å². The van der Waals surface area contributed by atoms with Gasteiger partial charge in [0, 0.05) is 17.6 Å². The monoisotopic (exact) mass is 310 g/mol. The number of H-pyrrole nitrogens is 1. The van der Waals surface area contributed by atoms with Gasteiger partial charge in [0.1, 0.15) is 11.5 Å². The number of hydrogen-bond acceptors (Lipinski definition) is 3. The van der Waals surface area contributed by atoms with Crippen LogP contribution in [-0.4, -0.2) is 16.4 Å². The highest BCUT2D eigenvalue weighted by Crippen LogP contribution is 2.15. The molecule has 0 saturated carbocycles. The number of aromatic amines is 1. The van der Waals surface area contributed by atoms with E-state index in [0.717, 1.165) is 40.1 Å². The highest BCUT2D eigenvalue weighted by atomic mass is 16.3. The maximum Gasteiger partial charge on any atom is 0.252 e. The maximum absolute atomic E-state index is 12.3. The minimum absolute atomic E-state index is 0.0165. The smallest absolute Gasteiger partial charge is 0.252 e. The Labute approximate surface area is 135 Å². The largest absolute Gasteiger partial charge is 0.465 e. The molecule has 3 rings (SSSR count). The van der Waals surface area contributed by atoms with Gasteiger partial charge in [-0.15, -0.1) is 0 Å². The second-order valence-corrected chi connectivity index (χ2v) is 6.03. The molecule has 1 aromatic carbocycles. The minimum Gasteiger partial charge on any atom is -0.465 e. The summed E-state index contributed by atoms with van der Waals surface area (Å²) in [7, 11) is 0. The van der Waals surface area contributed by atoms with Crippen LogP contribution in [-0.2, 0) is 13.1 Å². The first-order valence-corrected chi connectivity index (χ1v) is 7.95. The summed E-state index contributed by atoms with van der Waals surface area (Å²) in [4.78, 5) is 17.5. The zero-order chi connectivity index (χ0) is 16.4. The van der Waals surface area contributed by atoms with Crippen LogP contribution in [0.2, 0.25) is 0 Å². The summed E-state index contributed by atoms with van der Waals surface area (Å²) in [6.07, 6.45) is 0. The van der Waals surface area contributed by atoms with Gasteiger partial charge in [-0.1, -0.05) is 19.1 Å². The second kappa shape index (κ2) is 6.42.